The monoisotopic (exact) mass is 348 g/mol. The van der Waals surface area contributed by atoms with Crippen LogP contribution in [0.4, 0.5) is 0 Å². The van der Waals surface area contributed by atoms with Crippen molar-refractivity contribution >= 4 is 11.6 Å². The van der Waals surface area contributed by atoms with E-state index in [1.807, 2.05) is 18.5 Å². The highest BCUT2D eigenvalue weighted by Crippen LogP contribution is 2.37. The van der Waals surface area contributed by atoms with Crippen molar-refractivity contribution in [3.05, 3.63) is 34.9 Å². The molecule has 1 unspecified atom stereocenters. The average Bonchev–Trinajstić information content (AvgIpc) is 2.91. The molecule has 24 heavy (non-hydrogen) atoms. The number of aromatic nitrogens is 3. The lowest BCUT2D eigenvalue weighted by molar-refractivity contribution is 0.297. The molecule has 128 valence electrons. The van der Waals surface area contributed by atoms with Crippen LogP contribution in [0.2, 0.25) is 5.02 Å². The molecule has 0 radical (unpaired) electrons. The summed E-state index contributed by atoms with van der Waals surface area (Å²) in [5.41, 5.74) is 1.12. The first-order valence-electron chi connectivity index (χ1n) is 8.45. The van der Waals surface area contributed by atoms with E-state index in [1.165, 1.54) is 0 Å². The molecule has 0 bridgehead atoms. The summed E-state index contributed by atoms with van der Waals surface area (Å²) in [5, 5.41) is 12.3. The first kappa shape index (κ1) is 15.7. The summed E-state index contributed by atoms with van der Waals surface area (Å²) in [7, 11) is 0. The highest BCUT2D eigenvalue weighted by molar-refractivity contribution is 6.32. The third kappa shape index (κ3) is 3.35. The van der Waals surface area contributed by atoms with E-state index in [9.17, 15) is 0 Å². The fourth-order valence-electron chi connectivity index (χ4n) is 3.30. The van der Waals surface area contributed by atoms with Crippen LogP contribution in [-0.4, -0.2) is 34.5 Å². The van der Waals surface area contributed by atoms with Crippen LogP contribution >= 0.6 is 11.6 Å². The number of nitrogens with zero attached hydrogens (tertiary/aromatic N) is 3. The van der Waals surface area contributed by atoms with E-state index in [0.29, 0.717) is 29.9 Å². The number of nitrogens with one attached hydrogen (secondary N) is 1. The third-order valence-corrected chi connectivity index (χ3v) is 4.83. The molecule has 0 fully saturated rings. The topological polar surface area (TPSA) is 61.2 Å². The van der Waals surface area contributed by atoms with E-state index in [4.69, 9.17) is 21.1 Å². The van der Waals surface area contributed by atoms with Crippen molar-refractivity contribution in [2.75, 3.05) is 19.8 Å². The molecule has 0 saturated carbocycles. The summed E-state index contributed by atoms with van der Waals surface area (Å²) < 4.78 is 13.6. The average molecular weight is 349 g/mol. The number of fused-ring (bicyclic) bond motifs is 2. The molecule has 0 amide bonds. The number of benzene rings is 1. The van der Waals surface area contributed by atoms with Gasteiger partial charge in [-0.15, -0.1) is 10.2 Å². The fraction of sp³-hybridized carbons (Fsp3) is 0.529. The molecule has 1 atom stereocenters. The van der Waals surface area contributed by atoms with Gasteiger partial charge in [-0.2, -0.15) is 0 Å². The van der Waals surface area contributed by atoms with E-state index in [-0.39, 0.29) is 0 Å². The summed E-state index contributed by atoms with van der Waals surface area (Å²) >= 11 is 6.34. The Bertz CT molecular complexity index is 719. The highest BCUT2D eigenvalue weighted by atomic mass is 35.5. The molecule has 1 N–H and O–H groups in total. The van der Waals surface area contributed by atoms with E-state index in [1.54, 1.807) is 0 Å². The maximum atomic E-state index is 6.34. The predicted molar refractivity (Wildman–Crippen MR) is 90.6 cm³/mol. The van der Waals surface area contributed by atoms with Crippen LogP contribution in [0.25, 0.3) is 0 Å². The highest BCUT2D eigenvalue weighted by Gasteiger charge is 2.19. The molecule has 2 aliphatic heterocycles. The summed E-state index contributed by atoms with van der Waals surface area (Å²) in [6, 6.07) is 3.99. The maximum absolute atomic E-state index is 6.34. The number of ether oxygens (including phenoxy) is 2. The Hall–Kier alpha value is -1.79. The molecule has 1 aromatic carbocycles. The minimum Gasteiger partial charge on any atom is -0.489 e. The summed E-state index contributed by atoms with van der Waals surface area (Å²) in [4.78, 5) is 0. The van der Waals surface area contributed by atoms with Crippen LogP contribution in [0.15, 0.2) is 18.5 Å². The van der Waals surface area contributed by atoms with Crippen LogP contribution in [0, 0.1) is 5.92 Å². The van der Waals surface area contributed by atoms with Gasteiger partial charge in [-0.3, -0.25) is 0 Å². The van der Waals surface area contributed by atoms with Crippen molar-refractivity contribution in [1.29, 1.82) is 0 Å². The van der Waals surface area contributed by atoms with Crippen LogP contribution in [0.3, 0.4) is 0 Å². The number of halogens is 1. The van der Waals surface area contributed by atoms with Gasteiger partial charge >= 0.3 is 0 Å². The summed E-state index contributed by atoms with van der Waals surface area (Å²) in [6.45, 7) is 4.03. The Balaban J connectivity index is 1.35. The Morgan fingerprint density at radius 1 is 1.29 bits per heavy atom. The van der Waals surface area contributed by atoms with Crippen LogP contribution < -0.4 is 14.8 Å². The lowest BCUT2D eigenvalue weighted by Gasteiger charge is -2.23. The minimum absolute atomic E-state index is 0.601. The summed E-state index contributed by atoms with van der Waals surface area (Å²) in [6.07, 6.45) is 4.85. The number of aryl methyl sites for hydroxylation is 1. The molecule has 0 aliphatic carbocycles. The van der Waals surface area contributed by atoms with E-state index < -0.39 is 0 Å². The van der Waals surface area contributed by atoms with Crippen molar-refractivity contribution in [3.63, 3.8) is 0 Å². The molecule has 0 saturated heterocycles. The molecular formula is C17H21ClN4O2. The number of hydrogen-bond donors (Lipinski definition) is 1. The zero-order valence-corrected chi connectivity index (χ0v) is 14.3. The van der Waals surface area contributed by atoms with E-state index >= 15 is 0 Å². The zero-order valence-electron chi connectivity index (χ0n) is 13.5. The first-order chi connectivity index (χ1) is 11.8. The first-order valence-corrected chi connectivity index (χ1v) is 8.83. The minimum atomic E-state index is 0.601. The van der Waals surface area contributed by atoms with Gasteiger partial charge in [0.15, 0.2) is 11.5 Å². The van der Waals surface area contributed by atoms with Gasteiger partial charge in [-0.25, -0.2) is 0 Å². The summed E-state index contributed by atoms with van der Waals surface area (Å²) in [5.74, 6) is 3.12. The molecule has 3 heterocycles. The molecular weight excluding hydrogens is 328 g/mol. The van der Waals surface area contributed by atoms with Crippen molar-refractivity contribution in [1.82, 2.24) is 20.1 Å². The molecule has 0 spiro atoms. The van der Waals surface area contributed by atoms with Gasteiger partial charge in [0.25, 0.3) is 0 Å². The van der Waals surface area contributed by atoms with E-state index in [0.717, 1.165) is 56.0 Å². The molecule has 4 rings (SSSR count). The van der Waals surface area contributed by atoms with Crippen molar-refractivity contribution in [2.24, 2.45) is 5.92 Å². The normalized spacial score (nSPS) is 19.6. The van der Waals surface area contributed by atoms with Gasteiger partial charge in [0.05, 0.1) is 18.2 Å². The lowest BCUT2D eigenvalue weighted by Crippen LogP contribution is -2.29. The molecule has 7 heteroatoms. The van der Waals surface area contributed by atoms with Crippen molar-refractivity contribution in [2.45, 2.75) is 32.4 Å². The van der Waals surface area contributed by atoms with Crippen LogP contribution in [0.1, 0.15) is 24.2 Å². The van der Waals surface area contributed by atoms with Gasteiger partial charge in [0, 0.05) is 25.9 Å². The van der Waals surface area contributed by atoms with Gasteiger partial charge in [-0.05, 0) is 36.6 Å². The van der Waals surface area contributed by atoms with Gasteiger partial charge in [0.1, 0.15) is 12.2 Å². The number of rotatable bonds is 4. The van der Waals surface area contributed by atoms with Gasteiger partial charge in [0.2, 0.25) is 0 Å². The Morgan fingerprint density at radius 3 is 3.17 bits per heavy atom. The van der Waals surface area contributed by atoms with Gasteiger partial charge in [-0.1, -0.05) is 11.6 Å². The second kappa shape index (κ2) is 6.99. The van der Waals surface area contributed by atoms with Crippen molar-refractivity contribution < 1.29 is 9.47 Å². The zero-order chi connectivity index (χ0) is 16.4. The lowest BCUT2D eigenvalue weighted by atomic mass is 9.99. The largest absolute Gasteiger partial charge is 0.489 e. The maximum Gasteiger partial charge on any atom is 0.179 e. The predicted octanol–water partition coefficient (Wildman–Crippen LogP) is 2.45. The quantitative estimate of drug-likeness (QED) is 0.919. The molecule has 2 aromatic rings. The second-order valence-electron chi connectivity index (χ2n) is 6.39. The third-order valence-electron chi connectivity index (χ3n) is 4.55. The Labute approximate surface area is 146 Å². The molecule has 6 nitrogen and oxygen atoms in total. The smallest absolute Gasteiger partial charge is 0.179 e. The Morgan fingerprint density at radius 2 is 2.21 bits per heavy atom. The SMILES string of the molecule is Clc1cc(CNCC2CCc3nncn3C2)cc2c1OCCCO2. The van der Waals surface area contributed by atoms with Gasteiger partial charge < -0.3 is 19.4 Å². The molecule has 2 aliphatic rings. The van der Waals surface area contributed by atoms with Crippen LogP contribution in [0.5, 0.6) is 11.5 Å². The standard InChI is InChI=1S/C17H21ClN4O2/c18-14-6-13(7-15-17(14)24-5-1-4-23-15)9-19-8-12-2-3-16-21-20-11-22(16)10-12/h6-7,11-12,19H,1-5,8-10H2. The molecule has 1 aromatic heterocycles. The van der Waals surface area contributed by atoms with Crippen molar-refractivity contribution in [3.8, 4) is 11.5 Å². The fourth-order valence-corrected chi connectivity index (χ4v) is 3.59. The van der Waals surface area contributed by atoms with Crippen LogP contribution in [-0.2, 0) is 19.5 Å². The Kier molecular flexibility index (Phi) is 4.58. The van der Waals surface area contributed by atoms with E-state index in [2.05, 4.69) is 20.1 Å². The second-order valence-corrected chi connectivity index (χ2v) is 6.80. The number of hydrogen-bond acceptors (Lipinski definition) is 5.